The summed E-state index contributed by atoms with van der Waals surface area (Å²) in [6, 6.07) is 18.9. The Labute approximate surface area is 197 Å². The van der Waals surface area contributed by atoms with E-state index in [4.69, 9.17) is 4.74 Å². The van der Waals surface area contributed by atoms with Crippen molar-refractivity contribution in [2.24, 2.45) is 0 Å². The van der Waals surface area contributed by atoms with Gasteiger partial charge >= 0.3 is 0 Å². The number of thioether (sulfide) groups is 1. The first-order valence-corrected chi connectivity index (χ1v) is 12.9. The quantitative estimate of drug-likeness (QED) is 0.427. The maximum atomic E-state index is 13.6. The van der Waals surface area contributed by atoms with E-state index in [0.717, 1.165) is 9.20 Å². The normalized spacial score (nSPS) is 11.1. The lowest BCUT2D eigenvalue weighted by Crippen LogP contribution is -2.40. The largest absolute Gasteiger partial charge is 0.492 e. The first kappa shape index (κ1) is 24.6. The van der Waals surface area contributed by atoms with Gasteiger partial charge in [-0.2, -0.15) is 0 Å². The second kappa shape index (κ2) is 11.2. The highest BCUT2D eigenvalue weighted by atomic mass is 32.2. The minimum atomic E-state index is -4.07. The van der Waals surface area contributed by atoms with Gasteiger partial charge in [0.05, 0.1) is 17.2 Å². The molecular formula is C24H25FN2O4S2. The molecule has 174 valence electrons. The van der Waals surface area contributed by atoms with Crippen LogP contribution in [0, 0.1) is 5.82 Å². The third-order valence-corrected chi connectivity index (χ3v) is 7.29. The Morgan fingerprint density at radius 1 is 1.03 bits per heavy atom. The minimum Gasteiger partial charge on any atom is -0.492 e. The SMILES string of the molecule is CCOc1ccccc1N(CC(=O)NCc1ccc(F)cc1)S(=O)(=O)c1ccc(SC)cc1. The topological polar surface area (TPSA) is 75.7 Å². The van der Waals surface area contributed by atoms with Crippen molar-refractivity contribution in [1.82, 2.24) is 5.32 Å². The van der Waals surface area contributed by atoms with Gasteiger partial charge in [0.2, 0.25) is 5.91 Å². The van der Waals surface area contributed by atoms with Crippen LogP contribution in [0.1, 0.15) is 12.5 Å². The van der Waals surface area contributed by atoms with Crippen LogP contribution in [-0.2, 0) is 21.4 Å². The summed E-state index contributed by atoms with van der Waals surface area (Å²) in [4.78, 5) is 13.8. The van der Waals surface area contributed by atoms with Crippen molar-refractivity contribution in [2.75, 3.05) is 23.7 Å². The molecule has 0 fully saturated rings. The standard InChI is InChI=1S/C24H25FN2O4S2/c1-3-31-23-7-5-4-6-22(23)27(33(29,30)21-14-12-20(32-2)13-15-21)17-24(28)26-16-18-8-10-19(25)11-9-18/h4-15H,3,16-17H2,1-2H3,(H,26,28). The molecule has 6 nitrogen and oxygen atoms in total. The lowest BCUT2D eigenvalue weighted by Gasteiger charge is -2.26. The Bertz CT molecular complexity index is 1180. The van der Waals surface area contributed by atoms with Crippen molar-refractivity contribution in [3.8, 4) is 5.75 Å². The molecule has 0 aliphatic rings. The van der Waals surface area contributed by atoms with Crippen LogP contribution in [0.3, 0.4) is 0 Å². The molecule has 0 unspecified atom stereocenters. The molecule has 0 saturated heterocycles. The number of hydrogen-bond donors (Lipinski definition) is 1. The van der Waals surface area contributed by atoms with Gasteiger partial charge in [0.1, 0.15) is 18.1 Å². The first-order chi connectivity index (χ1) is 15.8. The maximum absolute atomic E-state index is 13.6. The average molecular weight is 489 g/mol. The number of para-hydroxylation sites is 2. The van der Waals surface area contributed by atoms with Crippen LogP contribution in [-0.4, -0.2) is 33.7 Å². The number of sulfonamides is 1. The highest BCUT2D eigenvalue weighted by Crippen LogP contribution is 2.32. The number of ether oxygens (including phenoxy) is 1. The molecule has 0 aliphatic heterocycles. The zero-order valence-electron chi connectivity index (χ0n) is 18.3. The molecule has 3 aromatic rings. The number of rotatable bonds is 10. The van der Waals surface area contributed by atoms with Crippen molar-refractivity contribution in [3.63, 3.8) is 0 Å². The minimum absolute atomic E-state index is 0.0675. The second-order valence-electron chi connectivity index (χ2n) is 6.99. The molecule has 33 heavy (non-hydrogen) atoms. The number of nitrogens with one attached hydrogen (secondary N) is 1. The van der Waals surface area contributed by atoms with E-state index in [1.54, 1.807) is 55.5 Å². The van der Waals surface area contributed by atoms with E-state index in [9.17, 15) is 17.6 Å². The van der Waals surface area contributed by atoms with Crippen LogP contribution in [0.5, 0.6) is 5.75 Å². The van der Waals surface area contributed by atoms with Gasteiger partial charge in [-0.15, -0.1) is 11.8 Å². The molecule has 0 aromatic heterocycles. The fraction of sp³-hybridized carbons (Fsp3) is 0.208. The Morgan fingerprint density at radius 2 is 1.70 bits per heavy atom. The van der Waals surface area contributed by atoms with Crippen LogP contribution in [0.2, 0.25) is 0 Å². The summed E-state index contributed by atoms with van der Waals surface area (Å²) in [5, 5.41) is 2.70. The van der Waals surface area contributed by atoms with E-state index in [0.29, 0.717) is 17.9 Å². The number of benzene rings is 3. The number of hydrogen-bond acceptors (Lipinski definition) is 5. The molecule has 0 heterocycles. The third kappa shape index (κ3) is 6.27. The van der Waals surface area contributed by atoms with Gasteiger partial charge in [-0.3, -0.25) is 9.10 Å². The van der Waals surface area contributed by atoms with Crippen molar-refractivity contribution >= 4 is 33.4 Å². The monoisotopic (exact) mass is 488 g/mol. The predicted octanol–water partition coefficient (Wildman–Crippen LogP) is 4.46. The Balaban J connectivity index is 1.91. The summed E-state index contributed by atoms with van der Waals surface area (Å²) >= 11 is 1.50. The van der Waals surface area contributed by atoms with Gasteiger partial charge in [0.25, 0.3) is 10.0 Å². The number of amides is 1. The van der Waals surface area contributed by atoms with Crippen molar-refractivity contribution in [2.45, 2.75) is 23.3 Å². The summed E-state index contributed by atoms with van der Waals surface area (Å²) < 4.78 is 46.9. The van der Waals surface area contributed by atoms with Gasteiger partial charge in [-0.1, -0.05) is 24.3 Å². The maximum Gasteiger partial charge on any atom is 0.264 e. The number of halogens is 1. The van der Waals surface area contributed by atoms with Gasteiger partial charge in [-0.25, -0.2) is 12.8 Å². The van der Waals surface area contributed by atoms with Crippen LogP contribution >= 0.6 is 11.8 Å². The second-order valence-corrected chi connectivity index (χ2v) is 9.73. The van der Waals surface area contributed by atoms with Gasteiger partial charge in [0.15, 0.2) is 0 Å². The van der Waals surface area contributed by atoms with Crippen LogP contribution < -0.4 is 14.4 Å². The number of carbonyl (C=O) groups excluding carboxylic acids is 1. The zero-order chi connectivity index (χ0) is 23.8. The fourth-order valence-corrected chi connectivity index (χ4v) is 4.94. The molecule has 0 aliphatic carbocycles. The first-order valence-electron chi connectivity index (χ1n) is 10.2. The van der Waals surface area contributed by atoms with Crippen LogP contribution in [0.4, 0.5) is 10.1 Å². The van der Waals surface area contributed by atoms with Crippen LogP contribution in [0.25, 0.3) is 0 Å². The lowest BCUT2D eigenvalue weighted by molar-refractivity contribution is -0.119. The molecule has 3 rings (SSSR count). The summed E-state index contributed by atoms with van der Waals surface area (Å²) in [6.07, 6.45) is 1.90. The molecule has 0 atom stereocenters. The molecule has 3 aromatic carbocycles. The molecule has 0 bridgehead atoms. The van der Waals surface area contributed by atoms with Crippen LogP contribution in [0.15, 0.2) is 82.6 Å². The average Bonchev–Trinajstić information content (AvgIpc) is 2.83. The molecule has 0 radical (unpaired) electrons. The molecule has 1 amide bonds. The molecule has 9 heteroatoms. The van der Waals surface area contributed by atoms with Crippen molar-refractivity contribution in [1.29, 1.82) is 0 Å². The van der Waals surface area contributed by atoms with E-state index in [-0.39, 0.29) is 22.9 Å². The lowest BCUT2D eigenvalue weighted by atomic mass is 10.2. The number of carbonyl (C=O) groups is 1. The van der Waals surface area contributed by atoms with E-state index in [2.05, 4.69) is 5.32 Å². The van der Waals surface area contributed by atoms with Gasteiger partial charge in [-0.05, 0) is 67.3 Å². The third-order valence-electron chi connectivity index (χ3n) is 4.77. The van der Waals surface area contributed by atoms with Crippen molar-refractivity contribution in [3.05, 3.63) is 84.2 Å². The van der Waals surface area contributed by atoms with Crippen molar-refractivity contribution < 1.29 is 22.3 Å². The molecule has 1 N–H and O–H groups in total. The van der Waals surface area contributed by atoms with E-state index < -0.39 is 22.5 Å². The highest BCUT2D eigenvalue weighted by Gasteiger charge is 2.29. The molecule has 0 saturated carbocycles. The number of anilines is 1. The Kier molecular flexibility index (Phi) is 8.35. The highest BCUT2D eigenvalue weighted by molar-refractivity contribution is 7.98. The number of nitrogens with zero attached hydrogens (tertiary/aromatic N) is 1. The smallest absolute Gasteiger partial charge is 0.264 e. The molecule has 0 spiro atoms. The summed E-state index contributed by atoms with van der Waals surface area (Å²) in [6.45, 7) is 1.83. The fourth-order valence-electron chi connectivity index (χ4n) is 3.10. The Morgan fingerprint density at radius 3 is 2.33 bits per heavy atom. The zero-order valence-corrected chi connectivity index (χ0v) is 20.0. The Hall–Kier alpha value is -3.04. The van der Waals surface area contributed by atoms with E-state index in [1.807, 2.05) is 6.26 Å². The summed E-state index contributed by atoms with van der Waals surface area (Å²) in [7, 11) is -4.07. The summed E-state index contributed by atoms with van der Waals surface area (Å²) in [5.74, 6) is -0.520. The molecular weight excluding hydrogens is 463 g/mol. The predicted molar refractivity (Wildman–Crippen MR) is 129 cm³/mol. The van der Waals surface area contributed by atoms with Gasteiger partial charge in [0, 0.05) is 11.4 Å². The van der Waals surface area contributed by atoms with E-state index >= 15 is 0 Å². The summed E-state index contributed by atoms with van der Waals surface area (Å²) in [5.41, 5.74) is 0.965. The van der Waals surface area contributed by atoms with Gasteiger partial charge < -0.3 is 10.1 Å². The van der Waals surface area contributed by atoms with E-state index in [1.165, 1.54) is 36.0 Å².